The molecule has 0 fully saturated rings. The Morgan fingerprint density at radius 1 is 1.37 bits per heavy atom. The van der Waals surface area contributed by atoms with Crippen LogP contribution < -0.4 is 4.90 Å². The molecule has 5 heteroatoms. The molecule has 1 N–H and O–H groups in total. The molecule has 96 valence electrons. The Bertz CT molecular complexity index is 672. The van der Waals surface area contributed by atoms with E-state index in [4.69, 9.17) is 0 Å². The molecule has 0 bridgehead atoms. The Hall–Kier alpha value is -1.72. The van der Waals surface area contributed by atoms with Crippen LogP contribution in [-0.4, -0.2) is 16.0 Å². The van der Waals surface area contributed by atoms with Crippen molar-refractivity contribution in [1.29, 1.82) is 0 Å². The summed E-state index contributed by atoms with van der Waals surface area (Å²) in [5.41, 5.74) is 1.98. The molecular weight excluding hydrogens is 308 g/mol. The first-order valence-corrected chi connectivity index (χ1v) is 6.61. The molecule has 0 spiro atoms. The molecule has 1 amide bonds. The number of hydrogen-bond donors (Lipinski definition) is 1. The number of aryl methyl sites for hydroxylation is 1. The van der Waals surface area contributed by atoms with Crippen LogP contribution in [0.3, 0.4) is 0 Å². The summed E-state index contributed by atoms with van der Waals surface area (Å²) in [7, 11) is 0. The van der Waals surface area contributed by atoms with E-state index in [1.807, 2.05) is 13.0 Å². The summed E-state index contributed by atoms with van der Waals surface area (Å²) in [5.74, 6) is 0.262. The minimum Gasteiger partial charge on any atom is -0.369 e. The van der Waals surface area contributed by atoms with Gasteiger partial charge in [-0.3, -0.25) is 9.69 Å². The van der Waals surface area contributed by atoms with Crippen molar-refractivity contribution < 1.29 is 9.90 Å². The predicted molar refractivity (Wildman–Crippen MR) is 74.9 cm³/mol. The van der Waals surface area contributed by atoms with Crippen molar-refractivity contribution in [3.8, 4) is 0 Å². The molecule has 0 saturated heterocycles. The van der Waals surface area contributed by atoms with Gasteiger partial charge < -0.3 is 5.11 Å². The summed E-state index contributed by atoms with van der Waals surface area (Å²) in [5, 5.41) is 10.3. The number of rotatable bonds is 1. The van der Waals surface area contributed by atoms with Crippen LogP contribution in [0.4, 0.5) is 5.82 Å². The van der Waals surface area contributed by atoms with Gasteiger partial charge in [-0.25, -0.2) is 4.98 Å². The highest BCUT2D eigenvalue weighted by atomic mass is 79.9. The molecule has 1 aliphatic heterocycles. The second kappa shape index (κ2) is 4.43. The maximum Gasteiger partial charge on any atom is 0.262 e. The highest BCUT2D eigenvalue weighted by molar-refractivity contribution is 9.10. The molecule has 2 aromatic rings. The van der Waals surface area contributed by atoms with Gasteiger partial charge in [-0.15, -0.1) is 0 Å². The van der Waals surface area contributed by atoms with E-state index in [-0.39, 0.29) is 5.91 Å². The number of aliphatic hydroxyl groups excluding tert-OH is 1. The highest BCUT2D eigenvalue weighted by Gasteiger charge is 2.37. The molecule has 0 radical (unpaired) electrons. The number of aliphatic hydroxyl groups is 1. The molecule has 1 aliphatic rings. The number of halogens is 1. The zero-order chi connectivity index (χ0) is 13.6. The Labute approximate surface area is 118 Å². The third-order valence-corrected chi connectivity index (χ3v) is 3.61. The number of benzene rings is 1. The van der Waals surface area contributed by atoms with Gasteiger partial charge in [-0.1, -0.05) is 18.2 Å². The van der Waals surface area contributed by atoms with Gasteiger partial charge in [0.05, 0.1) is 0 Å². The summed E-state index contributed by atoms with van der Waals surface area (Å²) in [4.78, 5) is 17.9. The maximum atomic E-state index is 12.4. The molecule has 3 rings (SSSR count). The first-order chi connectivity index (χ1) is 9.09. The molecule has 2 heterocycles. The molecule has 1 aromatic carbocycles. The number of anilines is 1. The molecule has 0 aliphatic carbocycles. The third kappa shape index (κ3) is 1.86. The lowest BCUT2D eigenvalue weighted by atomic mass is 10.1. The Kier molecular flexibility index (Phi) is 2.88. The molecule has 4 nitrogen and oxygen atoms in total. The van der Waals surface area contributed by atoms with Gasteiger partial charge in [0.15, 0.2) is 6.23 Å². The molecule has 1 aromatic heterocycles. The van der Waals surface area contributed by atoms with Crippen LogP contribution in [0.25, 0.3) is 0 Å². The van der Waals surface area contributed by atoms with Gasteiger partial charge in [0.1, 0.15) is 5.82 Å². The second-order valence-corrected chi connectivity index (χ2v) is 5.35. The van der Waals surface area contributed by atoms with E-state index in [0.29, 0.717) is 16.9 Å². The van der Waals surface area contributed by atoms with Crippen LogP contribution in [0, 0.1) is 6.92 Å². The van der Waals surface area contributed by atoms with Crippen LogP contribution in [0.1, 0.15) is 27.7 Å². The monoisotopic (exact) mass is 318 g/mol. The lowest BCUT2D eigenvalue weighted by Gasteiger charge is -2.21. The van der Waals surface area contributed by atoms with Crippen LogP contribution in [0.2, 0.25) is 0 Å². The van der Waals surface area contributed by atoms with E-state index in [9.17, 15) is 9.90 Å². The third-order valence-electron chi connectivity index (χ3n) is 3.18. The van der Waals surface area contributed by atoms with Crippen molar-refractivity contribution in [3.63, 3.8) is 0 Å². The number of carbonyl (C=O) groups excluding carboxylic acids is 1. The fourth-order valence-corrected chi connectivity index (χ4v) is 2.74. The number of amides is 1. The van der Waals surface area contributed by atoms with E-state index >= 15 is 0 Å². The fraction of sp³-hybridized carbons (Fsp3) is 0.143. The highest BCUT2D eigenvalue weighted by Crippen LogP contribution is 2.36. The summed E-state index contributed by atoms with van der Waals surface area (Å²) >= 11 is 3.33. The standard InChI is InChI=1S/C14H11BrN2O2/c1-8-6-9(15)7-16-12(8)17-13(18)10-4-2-3-5-11(10)14(17)19/h2-7,13,18H,1H3. The van der Waals surface area contributed by atoms with Gasteiger partial charge in [0.2, 0.25) is 0 Å². The largest absolute Gasteiger partial charge is 0.369 e. The molecular formula is C14H11BrN2O2. The van der Waals surface area contributed by atoms with Crippen molar-refractivity contribution >= 4 is 27.7 Å². The average Bonchev–Trinajstić information content (AvgIpc) is 2.64. The van der Waals surface area contributed by atoms with Gasteiger partial charge >= 0.3 is 0 Å². The lowest BCUT2D eigenvalue weighted by Crippen LogP contribution is -2.29. The van der Waals surface area contributed by atoms with Gasteiger partial charge in [0.25, 0.3) is 5.91 Å². The van der Waals surface area contributed by atoms with Crippen LogP contribution in [0.15, 0.2) is 41.0 Å². The predicted octanol–water partition coefficient (Wildman–Crippen LogP) is 2.80. The van der Waals surface area contributed by atoms with Crippen molar-refractivity contribution in [1.82, 2.24) is 4.98 Å². The van der Waals surface area contributed by atoms with E-state index in [0.717, 1.165) is 10.0 Å². The number of hydrogen-bond acceptors (Lipinski definition) is 3. The van der Waals surface area contributed by atoms with E-state index in [2.05, 4.69) is 20.9 Å². The summed E-state index contributed by atoms with van der Waals surface area (Å²) in [6.07, 6.45) is 0.641. The number of carbonyl (C=O) groups is 1. The second-order valence-electron chi connectivity index (χ2n) is 4.43. The lowest BCUT2D eigenvalue weighted by molar-refractivity contribution is 0.0933. The zero-order valence-electron chi connectivity index (χ0n) is 10.2. The van der Waals surface area contributed by atoms with E-state index < -0.39 is 6.23 Å². The number of fused-ring (bicyclic) bond motifs is 1. The molecule has 0 saturated carbocycles. The van der Waals surface area contributed by atoms with Gasteiger partial charge in [0, 0.05) is 21.8 Å². The fourth-order valence-electron chi connectivity index (χ4n) is 2.29. The topological polar surface area (TPSA) is 53.4 Å². The van der Waals surface area contributed by atoms with Crippen molar-refractivity contribution in [2.45, 2.75) is 13.2 Å². The summed E-state index contributed by atoms with van der Waals surface area (Å²) in [6.45, 7) is 1.86. The normalized spacial score (nSPS) is 17.7. The molecule has 1 atom stereocenters. The van der Waals surface area contributed by atoms with Crippen molar-refractivity contribution in [2.75, 3.05) is 4.90 Å². The zero-order valence-corrected chi connectivity index (χ0v) is 11.8. The first-order valence-electron chi connectivity index (χ1n) is 5.82. The first kappa shape index (κ1) is 12.3. The summed E-state index contributed by atoms with van der Waals surface area (Å²) in [6, 6.07) is 8.93. The van der Waals surface area contributed by atoms with Crippen molar-refractivity contribution in [3.05, 3.63) is 57.7 Å². The minimum atomic E-state index is -0.976. The minimum absolute atomic E-state index is 0.221. The summed E-state index contributed by atoms with van der Waals surface area (Å²) < 4.78 is 0.840. The maximum absolute atomic E-state index is 12.4. The average molecular weight is 319 g/mol. The Morgan fingerprint density at radius 2 is 2.11 bits per heavy atom. The molecule has 1 unspecified atom stereocenters. The smallest absolute Gasteiger partial charge is 0.262 e. The quantitative estimate of drug-likeness (QED) is 0.879. The van der Waals surface area contributed by atoms with Crippen LogP contribution >= 0.6 is 15.9 Å². The van der Waals surface area contributed by atoms with Crippen LogP contribution in [0.5, 0.6) is 0 Å². The number of nitrogens with zero attached hydrogens (tertiary/aromatic N) is 2. The van der Waals surface area contributed by atoms with Gasteiger partial charge in [-0.2, -0.15) is 0 Å². The molecule has 19 heavy (non-hydrogen) atoms. The van der Waals surface area contributed by atoms with E-state index in [1.165, 1.54) is 4.90 Å². The SMILES string of the molecule is Cc1cc(Br)cnc1N1C(=O)c2ccccc2C1O. The van der Waals surface area contributed by atoms with Crippen molar-refractivity contribution in [2.24, 2.45) is 0 Å². The number of pyridine rings is 1. The Morgan fingerprint density at radius 3 is 2.79 bits per heavy atom. The van der Waals surface area contributed by atoms with E-state index in [1.54, 1.807) is 30.5 Å². The number of aromatic nitrogens is 1. The Balaban J connectivity index is 2.11. The van der Waals surface area contributed by atoms with Gasteiger partial charge in [-0.05, 0) is 40.5 Å². The van der Waals surface area contributed by atoms with Crippen LogP contribution in [-0.2, 0) is 0 Å².